The van der Waals surface area contributed by atoms with Crippen molar-refractivity contribution in [2.45, 2.75) is 59.2 Å². The van der Waals surface area contributed by atoms with Gasteiger partial charge in [-0.05, 0) is 72.9 Å². The van der Waals surface area contributed by atoms with Crippen molar-refractivity contribution in [1.82, 2.24) is 30.2 Å². The summed E-state index contributed by atoms with van der Waals surface area (Å²) in [7, 11) is 0. The number of aromatic nitrogens is 6. The van der Waals surface area contributed by atoms with Crippen molar-refractivity contribution in [2.24, 2.45) is 0 Å². The lowest BCUT2D eigenvalue weighted by Crippen LogP contribution is -2.36. The number of carbonyl (C=O) groups excluding carboxylic acids is 1. The minimum atomic E-state index is -0.684. The second-order valence-electron chi connectivity index (χ2n) is 12.4. The Labute approximate surface area is 273 Å². The van der Waals surface area contributed by atoms with Crippen molar-refractivity contribution in [3.05, 3.63) is 124 Å². The number of nitrogens with one attached hydrogen (secondary N) is 1. The molecule has 0 unspecified atom stereocenters. The quantitative estimate of drug-likeness (QED) is 0.180. The Kier molecular flexibility index (Phi) is 8.92. The highest BCUT2D eigenvalue weighted by molar-refractivity contribution is 5.92. The Morgan fingerprint density at radius 1 is 0.894 bits per heavy atom. The average Bonchev–Trinajstić information content (AvgIpc) is 3.61. The zero-order chi connectivity index (χ0) is 33.0. The first-order valence-electron chi connectivity index (χ1n) is 15.7. The van der Waals surface area contributed by atoms with Gasteiger partial charge in [0.2, 0.25) is 5.82 Å². The Bertz CT molecular complexity index is 2050. The summed E-state index contributed by atoms with van der Waals surface area (Å²) < 4.78 is 7.51. The maximum Gasteiger partial charge on any atom is 0.415 e. The van der Waals surface area contributed by atoms with Gasteiger partial charge in [-0.2, -0.15) is 5.21 Å². The van der Waals surface area contributed by atoms with E-state index in [4.69, 9.17) is 9.72 Å². The Balaban J connectivity index is 1.36. The second kappa shape index (κ2) is 13.4. The number of H-pyrrole nitrogens is 1. The number of anilines is 1. The highest BCUT2D eigenvalue weighted by Gasteiger charge is 2.25. The van der Waals surface area contributed by atoms with Crippen LogP contribution in [0.3, 0.4) is 0 Å². The molecule has 238 valence electrons. The van der Waals surface area contributed by atoms with Crippen molar-refractivity contribution >= 4 is 22.7 Å². The molecule has 2 aromatic heterocycles. The number of aromatic amines is 1. The van der Waals surface area contributed by atoms with Gasteiger partial charge in [0.25, 0.3) is 5.56 Å². The molecule has 10 nitrogen and oxygen atoms in total. The minimum absolute atomic E-state index is 0.157. The summed E-state index contributed by atoms with van der Waals surface area (Å²) in [4.78, 5) is 34.1. The highest BCUT2D eigenvalue weighted by atomic mass is 16.6. The first kappa shape index (κ1) is 31.3. The second-order valence-corrected chi connectivity index (χ2v) is 12.4. The lowest BCUT2D eigenvalue weighted by molar-refractivity contribution is 0.0577. The van der Waals surface area contributed by atoms with E-state index in [-0.39, 0.29) is 5.56 Å². The Morgan fingerprint density at radius 2 is 1.62 bits per heavy atom. The van der Waals surface area contributed by atoms with Crippen LogP contribution in [0.4, 0.5) is 10.5 Å². The van der Waals surface area contributed by atoms with E-state index < -0.39 is 11.7 Å². The number of carbonyl (C=O) groups is 1. The fourth-order valence-corrected chi connectivity index (χ4v) is 5.52. The Morgan fingerprint density at radius 3 is 2.30 bits per heavy atom. The molecule has 0 saturated heterocycles. The normalized spacial score (nSPS) is 11.5. The minimum Gasteiger partial charge on any atom is -0.443 e. The van der Waals surface area contributed by atoms with Crippen molar-refractivity contribution in [2.75, 3.05) is 4.90 Å². The van der Waals surface area contributed by atoms with Crippen molar-refractivity contribution in [1.29, 1.82) is 0 Å². The number of amides is 1. The van der Waals surface area contributed by atoms with Gasteiger partial charge < -0.3 is 4.74 Å². The molecule has 2 heterocycles. The monoisotopic (exact) mass is 627 g/mol. The molecule has 0 spiro atoms. The molecular weight excluding hydrogens is 590 g/mol. The number of ether oxygens (including phenoxy) is 1. The van der Waals surface area contributed by atoms with Gasteiger partial charge in [0.05, 0.1) is 24.0 Å². The molecule has 0 radical (unpaired) electrons. The zero-order valence-electron chi connectivity index (χ0n) is 27.0. The van der Waals surface area contributed by atoms with Gasteiger partial charge in [0.15, 0.2) is 0 Å². The summed E-state index contributed by atoms with van der Waals surface area (Å²) in [5.74, 6) is 1.24. The van der Waals surface area contributed by atoms with E-state index in [0.29, 0.717) is 41.9 Å². The van der Waals surface area contributed by atoms with Crippen LogP contribution in [0.15, 0.2) is 102 Å². The van der Waals surface area contributed by atoms with Gasteiger partial charge in [0, 0.05) is 17.7 Å². The largest absolute Gasteiger partial charge is 0.443 e. The summed E-state index contributed by atoms with van der Waals surface area (Å²) in [6.45, 7) is 8.23. The fourth-order valence-electron chi connectivity index (χ4n) is 5.52. The molecule has 0 saturated carbocycles. The molecular formula is C37H37N7O3. The van der Waals surface area contributed by atoms with Crippen molar-refractivity contribution in [3.63, 3.8) is 0 Å². The number of hydrogen-bond donors (Lipinski definition) is 1. The molecule has 0 bridgehead atoms. The van der Waals surface area contributed by atoms with Crippen LogP contribution < -0.4 is 10.5 Å². The van der Waals surface area contributed by atoms with Gasteiger partial charge in [-0.1, -0.05) is 85.8 Å². The Hall–Kier alpha value is -5.64. The maximum atomic E-state index is 14.2. The van der Waals surface area contributed by atoms with Crippen molar-refractivity contribution < 1.29 is 9.53 Å². The van der Waals surface area contributed by atoms with Crippen LogP contribution in [0, 0.1) is 0 Å². The van der Waals surface area contributed by atoms with Gasteiger partial charge >= 0.3 is 6.09 Å². The highest BCUT2D eigenvalue weighted by Crippen LogP contribution is 2.30. The molecule has 1 amide bonds. The van der Waals surface area contributed by atoms with Gasteiger partial charge in [-0.15, -0.1) is 10.2 Å². The molecule has 6 aromatic rings. The molecule has 0 atom stereocenters. The third-order valence-electron chi connectivity index (χ3n) is 7.72. The molecule has 0 aliphatic carbocycles. The topological polar surface area (TPSA) is 119 Å². The van der Waals surface area contributed by atoms with Gasteiger partial charge in [-0.3, -0.25) is 14.3 Å². The van der Waals surface area contributed by atoms with Gasteiger partial charge in [-0.25, -0.2) is 9.78 Å². The number of aryl methyl sites for hydroxylation is 1. The number of hydrogen-bond acceptors (Lipinski definition) is 7. The number of tetrazole rings is 1. The maximum absolute atomic E-state index is 14.2. The number of benzene rings is 4. The first-order valence-corrected chi connectivity index (χ1v) is 15.7. The van der Waals surface area contributed by atoms with E-state index in [9.17, 15) is 9.59 Å². The van der Waals surface area contributed by atoms with E-state index in [2.05, 4.69) is 27.5 Å². The van der Waals surface area contributed by atoms with Crippen LogP contribution in [0.2, 0.25) is 0 Å². The number of fused-ring (bicyclic) bond motifs is 1. The van der Waals surface area contributed by atoms with Crippen LogP contribution in [0.5, 0.6) is 0 Å². The zero-order valence-corrected chi connectivity index (χ0v) is 27.0. The van der Waals surface area contributed by atoms with Crippen LogP contribution in [-0.2, 0) is 24.2 Å². The summed E-state index contributed by atoms with van der Waals surface area (Å²) in [6, 6.07) is 31.1. The van der Waals surface area contributed by atoms with Gasteiger partial charge in [0.1, 0.15) is 11.4 Å². The van der Waals surface area contributed by atoms with Crippen LogP contribution >= 0.6 is 0 Å². The number of rotatable bonds is 9. The summed E-state index contributed by atoms with van der Waals surface area (Å²) >= 11 is 0. The van der Waals surface area contributed by atoms with Crippen LogP contribution in [0.1, 0.15) is 51.1 Å². The van der Waals surface area contributed by atoms with E-state index >= 15 is 0 Å². The summed E-state index contributed by atoms with van der Waals surface area (Å²) in [5, 5.41) is 15.0. The predicted molar refractivity (Wildman–Crippen MR) is 183 cm³/mol. The molecule has 1 N–H and O–H groups in total. The van der Waals surface area contributed by atoms with E-state index in [0.717, 1.165) is 40.1 Å². The summed E-state index contributed by atoms with van der Waals surface area (Å²) in [6.07, 6.45) is 1.00. The molecule has 6 rings (SSSR count). The smallest absolute Gasteiger partial charge is 0.415 e. The van der Waals surface area contributed by atoms with E-state index in [1.54, 1.807) is 15.5 Å². The molecule has 0 aliphatic rings. The van der Waals surface area contributed by atoms with Crippen LogP contribution in [-0.4, -0.2) is 41.9 Å². The molecule has 4 aromatic carbocycles. The molecule has 0 fully saturated rings. The first-order chi connectivity index (χ1) is 22.7. The number of nitrogens with zero attached hydrogens (tertiary/aromatic N) is 6. The average molecular weight is 628 g/mol. The standard InChI is InChI=1S/C37H37N7O3/c1-5-11-33-38-32-21-20-28(43(36(46)47-37(2,3)4)23-25-12-7-6-8-13-25)22-31(32)35(45)44(33)24-26-16-18-27(19-17-26)29-14-9-10-15-30(29)34-39-41-42-40-34/h6-10,12-22H,5,11,23-24H2,1-4H3,(H,39,40,41,42). The lowest BCUT2D eigenvalue weighted by Gasteiger charge is -2.28. The summed E-state index contributed by atoms with van der Waals surface area (Å²) in [5.41, 5.74) is 5.07. The molecule has 47 heavy (non-hydrogen) atoms. The molecule has 10 heteroatoms. The third-order valence-corrected chi connectivity index (χ3v) is 7.72. The third kappa shape index (κ3) is 7.12. The fraction of sp³-hybridized carbons (Fsp3) is 0.243. The van der Waals surface area contributed by atoms with E-state index in [1.807, 2.05) is 112 Å². The SMILES string of the molecule is CCCc1nc2ccc(N(Cc3ccccc3)C(=O)OC(C)(C)C)cc2c(=O)n1Cc1ccc(-c2ccccc2-c2nn[nH]n2)cc1. The van der Waals surface area contributed by atoms with Crippen molar-refractivity contribution in [3.8, 4) is 22.5 Å². The van der Waals surface area contributed by atoms with Crippen LogP contribution in [0.25, 0.3) is 33.4 Å². The molecule has 0 aliphatic heterocycles. The van der Waals surface area contributed by atoms with E-state index in [1.165, 1.54) is 0 Å². The lowest BCUT2D eigenvalue weighted by atomic mass is 9.98. The predicted octanol–water partition coefficient (Wildman–Crippen LogP) is 7.19.